The highest BCUT2D eigenvalue weighted by atomic mass is 35.5. The Kier molecular flexibility index (Phi) is 3.49. The molecule has 0 N–H and O–H groups in total. The molecule has 2 rings (SSSR count). The van der Waals surface area contributed by atoms with Crippen LogP contribution >= 0.6 is 11.6 Å². The van der Waals surface area contributed by atoms with Gasteiger partial charge in [0.1, 0.15) is 5.75 Å². The fraction of sp³-hybridized carbons (Fsp3) is 0.154. The van der Waals surface area contributed by atoms with E-state index in [2.05, 4.69) is 4.74 Å². The van der Waals surface area contributed by atoms with E-state index in [-0.39, 0.29) is 6.61 Å². The average Bonchev–Trinajstić information content (AvgIpc) is 2.38. The molecule has 0 aliphatic heterocycles. The monoisotopic (exact) mass is 250 g/mol. The normalized spacial score (nSPS) is 10.2. The van der Waals surface area contributed by atoms with Gasteiger partial charge in [0.05, 0.1) is 12.1 Å². The molecule has 0 bridgehead atoms. The van der Waals surface area contributed by atoms with Crippen LogP contribution in [0.2, 0.25) is 5.02 Å². The van der Waals surface area contributed by atoms with Crippen molar-refractivity contribution in [3.8, 4) is 5.75 Å². The lowest BCUT2D eigenvalue weighted by Gasteiger charge is -2.08. The van der Waals surface area contributed by atoms with E-state index in [1.54, 1.807) is 6.07 Å². The molecular formula is C13H11ClO3. The van der Waals surface area contributed by atoms with Crippen LogP contribution in [0.3, 0.4) is 0 Å². The molecule has 0 aromatic heterocycles. The van der Waals surface area contributed by atoms with E-state index >= 15 is 0 Å². The highest BCUT2D eigenvalue weighted by Crippen LogP contribution is 2.32. The van der Waals surface area contributed by atoms with E-state index in [1.165, 1.54) is 7.11 Å². The smallest absolute Gasteiger partial charge is 0.343 e. The molecule has 0 amide bonds. The maximum atomic E-state index is 11.0. The maximum absolute atomic E-state index is 11.0. The molecule has 0 heterocycles. The van der Waals surface area contributed by atoms with Gasteiger partial charge in [-0.2, -0.15) is 0 Å². The number of ether oxygens (including phenoxy) is 2. The zero-order chi connectivity index (χ0) is 12.3. The van der Waals surface area contributed by atoms with Crippen molar-refractivity contribution in [3.05, 3.63) is 41.4 Å². The van der Waals surface area contributed by atoms with Crippen molar-refractivity contribution < 1.29 is 14.3 Å². The Morgan fingerprint density at radius 2 is 2.00 bits per heavy atom. The summed E-state index contributed by atoms with van der Waals surface area (Å²) in [6, 6.07) is 11.3. The standard InChI is InChI=1S/C13H11ClO3/c1-16-12(15)8-17-11-7-6-9-4-2-3-5-10(9)13(11)14/h2-7H,8H2,1H3. The minimum Gasteiger partial charge on any atom is -0.480 e. The Morgan fingerprint density at radius 1 is 1.24 bits per heavy atom. The van der Waals surface area contributed by atoms with Crippen molar-refractivity contribution in [1.29, 1.82) is 0 Å². The fourth-order valence-corrected chi connectivity index (χ4v) is 1.81. The molecule has 0 aliphatic carbocycles. The van der Waals surface area contributed by atoms with Gasteiger partial charge in [-0.1, -0.05) is 41.9 Å². The summed E-state index contributed by atoms with van der Waals surface area (Å²) in [6.07, 6.45) is 0. The number of benzene rings is 2. The molecular weight excluding hydrogens is 240 g/mol. The van der Waals surface area contributed by atoms with Gasteiger partial charge in [-0.15, -0.1) is 0 Å². The van der Waals surface area contributed by atoms with E-state index in [0.29, 0.717) is 10.8 Å². The molecule has 0 saturated carbocycles. The van der Waals surface area contributed by atoms with Crippen LogP contribution in [0.1, 0.15) is 0 Å². The van der Waals surface area contributed by atoms with Crippen LogP contribution in [0.4, 0.5) is 0 Å². The second-order valence-electron chi connectivity index (χ2n) is 3.46. The molecule has 4 heteroatoms. The van der Waals surface area contributed by atoms with Crippen LogP contribution in [-0.2, 0) is 9.53 Å². The number of hydrogen-bond donors (Lipinski definition) is 0. The van der Waals surface area contributed by atoms with Crippen LogP contribution in [0, 0.1) is 0 Å². The van der Waals surface area contributed by atoms with Crippen LogP contribution in [0.5, 0.6) is 5.75 Å². The van der Waals surface area contributed by atoms with Gasteiger partial charge in [0.25, 0.3) is 0 Å². The van der Waals surface area contributed by atoms with Crippen LogP contribution in [0.25, 0.3) is 10.8 Å². The summed E-state index contributed by atoms with van der Waals surface area (Å²) in [4.78, 5) is 11.0. The van der Waals surface area contributed by atoms with Gasteiger partial charge in [-0.3, -0.25) is 0 Å². The molecule has 3 nitrogen and oxygen atoms in total. The quantitative estimate of drug-likeness (QED) is 0.786. The number of carbonyl (C=O) groups excluding carboxylic acids is 1. The van der Waals surface area contributed by atoms with Crippen molar-refractivity contribution >= 4 is 28.3 Å². The van der Waals surface area contributed by atoms with E-state index in [9.17, 15) is 4.79 Å². The summed E-state index contributed by atoms with van der Waals surface area (Å²) in [5.74, 6) is 0.0463. The van der Waals surface area contributed by atoms with E-state index in [4.69, 9.17) is 16.3 Å². The zero-order valence-corrected chi connectivity index (χ0v) is 10.0. The molecule has 0 spiro atoms. The number of esters is 1. The second-order valence-corrected chi connectivity index (χ2v) is 3.84. The van der Waals surface area contributed by atoms with Crippen LogP contribution < -0.4 is 4.74 Å². The van der Waals surface area contributed by atoms with Gasteiger partial charge in [0, 0.05) is 5.39 Å². The maximum Gasteiger partial charge on any atom is 0.343 e. The van der Waals surface area contributed by atoms with Gasteiger partial charge in [-0.25, -0.2) is 4.79 Å². The number of hydrogen-bond acceptors (Lipinski definition) is 3. The van der Waals surface area contributed by atoms with Crippen molar-refractivity contribution in [3.63, 3.8) is 0 Å². The number of carbonyl (C=O) groups is 1. The Balaban J connectivity index is 2.29. The largest absolute Gasteiger partial charge is 0.480 e. The first-order valence-corrected chi connectivity index (χ1v) is 5.47. The summed E-state index contributed by atoms with van der Waals surface area (Å²) in [5, 5.41) is 2.44. The molecule has 0 saturated heterocycles. The Bertz CT molecular complexity index is 551. The SMILES string of the molecule is COC(=O)COc1ccc2ccccc2c1Cl. The Labute approximate surface area is 104 Å². The van der Waals surface area contributed by atoms with Gasteiger partial charge >= 0.3 is 5.97 Å². The Morgan fingerprint density at radius 3 is 2.76 bits per heavy atom. The van der Waals surface area contributed by atoms with Crippen LogP contribution in [-0.4, -0.2) is 19.7 Å². The summed E-state index contributed by atoms with van der Waals surface area (Å²) >= 11 is 6.19. The lowest BCUT2D eigenvalue weighted by molar-refractivity contribution is -0.142. The third kappa shape index (κ3) is 2.50. The van der Waals surface area contributed by atoms with Gasteiger partial charge < -0.3 is 9.47 Å². The molecule has 0 radical (unpaired) electrons. The number of halogens is 1. The third-order valence-electron chi connectivity index (χ3n) is 2.40. The van der Waals surface area contributed by atoms with Crippen molar-refractivity contribution in [2.75, 3.05) is 13.7 Å². The van der Waals surface area contributed by atoms with Gasteiger partial charge in [0.15, 0.2) is 6.61 Å². The fourth-order valence-electron chi connectivity index (χ4n) is 1.52. The summed E-state index contributed by atoms with van der Waals surface area (Å²) in [6.45, 7) is -0.144. The lowest BCUT2D eigenvalue weighted by atomic mass is 10.1. The van der Waals surface area contributed by atoms with Crippen molar-refractivity contribution in [2.45, 2.75) is 0 Å². The molecule has 0 aliphatic rings. The van der Waals surface area contributed by atoms with Gasteiger partial charge in [0.2, 0.25) is 0 Å². The summed E-state index contributed by atoms with van der Waals surface area (Å²) in [7, 11) is 1.31. The summed E-state index contributed by atoms with van der Waals surface area (Å²) in [5.41, 5.74) is 0. The average molecular weight is 251 g/mol. The predicted molar refractivity (Wildman–Crippen MR) is 66.5 cm³/mol. The number of rotatable bonds is 3. The first kappa shape index (κ1) is 11.7. The molecule has 0 fully saturated rings. The molecule has 0 unspecified atom stereocenters. The van der Waals surface area contributed by atoms with Crippen molar-refractivity contribution in [2.24, 2.45) is 0 Å². The molecule has 0 atom stereocenters. The summed E-state index contributed by atoms with van der Waals surface area (Å²) < 4.78 is 9.78. The molecule has 2 aromatic carbocycles. The highest BCUT2D eigenvalue weighted by Gasteiger charge is 2.08. The highest BCUT2D eigenvalue weighted by molar-refractivity contribution is 6.37. The van der Waals surface area contributed by atoms with E-state index < -0.39 is 5.97 Å². The molecule has 2 aromatic rings. The minimum atomic E-state index is -0.436. The Hall–Kier alpha value is -1.74. The number of methoxy groups -OCH3 is 1. The van der Waals surface area contributed by atoms with E-state index in [0.717, 1.165) is 10.8 Å². The zero-order valence-electron chi connectivity index (χ0n) is 9.27. The number of fused-ring (bicyclic) bond motifs is 1. The van der Waals surface area contributed by atoms with Crippen LogP contribution in [0.15, 0.2) is 36.4 Å². The predicted octanol–water partition coefficient (Wildman–Crippen LogP) is 3.05. The third-order valence-corrected chi connectivity index (χ3v) is 2.79. The lowest BCUT2D eigenvalue weighted by Crippen LogP contribution is -2.12. The van der Waals surface area contributed by atoms with Gasteiger partial charge in [-0.05, 0) is 11.5 Å². The van der Waals surface area contributed by atoms with Crippen molar-refractivity contribution in [1.82, 2.24) is 0 Å². The minimum absolute atomic E-state index is 0.144. The first-order valence-electron chi connectivity index (χ1n) is 5.09. The van der Waals surface area contributed by atoms with E-state index in [1.807, 2.05) is 30.3 Å². The molecule has 88 valence electrons. The first-order chi connectivity index (χ1) is 8.22. The second kappa shape index (κ2) is 5.06. The molecule has 17 heavy (non-hydrogen) atoms. The topological polar surface area (TPSA) is 35.5 Å².